The topological polar surface area (TPSA) is 26.0 Å². The van der Waals surface area contributed by atoms with E-state index in [1.54, 1.807) is 6.92 Å². The van der Waals surface area contributed by atoms with Gasteiger partial charge in [0.15, 0.2) is 0 Å². The minimum Gasteiger partial charge on any atom is -0.330 e. The zero-order chi connectivity index (χ0) is 12.1. The summed E-state index contributed by atoms with van der Waals surface area (Å²) in [6.45, 7) is 6.16. The van der Waals surface area contributed by atoms with Gasteiger partial charge in [-0.2, -0.15) is 0 Å². The highest BCUT2D eigenvalue weighted by molar-refractivity contribution is 5.37. The Morgan fingerprint density at radius 2 is 1.94 bits per heavy atom. The fourth-order valence-corrected chi connectivity index (χ4v) is 2.72. The second-order valence-electron chi connectivity index (χ2n) is 5.23. The van der Waals surface area contributed by atoms with Gasteiger partial charge in [-0.3, -0.25) is 0 Å². The minimum absolute atomic E-state index is 0.0857. The Morgan fingerprint density at radius 3 is 2.44 bits per heavy atom. The lowest BCUT2D eigenvalue weighted by molar-refractivity contribution is 0.523. The quantitative estimate of drug-likeness (QED) is 0.822. The maximum Gasteiger partial charge on any atom is 0.132 e. The van der Waals surface area contributed by atoms with E-state index >= 15 is 0 Å². The third-order valence-electron chi connectivity index (χ3n) is 3.94. The first-order valence-electron chi connectivity index (χ1n) is 5.55. The summed E-state index contributed by atoms with van der Waals surface area (Å²) in [6, 6.07) is 2.82. The van der Waals surface area contributed by atoms with Gasteiger partial charge in [-0.15, -0.1) is 0 Å². The number of halogens is 2. The van der Waals surface area contributed by atoms with Crippen LogP contribution in [0.25, 0.3) is 0 Å². The van der Waals surface area contributed by atoms with E-state index in [0.29, 0.717) is 12.1 Å². The van der Waals surface area contributed by atoms with Crippen molar-refractivity contribution in [3.63, 3.8) is 0 Å². The lowest BCUT2D eigenvalue weighted by atomic mass is 10.00. The summed E-state index contributed by atoms with van der Waals surface area (Å²) in [4.78, 5) is 0. The molecule has 1 fully saturated rings. The third-order valence-corrected chi connectivity index (χ3v) is 3.94. The predicted molar refractivity (Wildman–Crippen MR) is 60.2 cm³/mol. The zero-order valence-corrected chi connectivity index (χ0v) is 9.85. The van der Waals surface area contributed by atoms with Crippen molar-refractivity contribution in [3.8, 4) is 0 Å². The number of hydrogen-bond acceptors (Lipinski definition) is 1. The lowest BCUT2D eigenvalue weighted by Gasteiger charge is -2.08. The van der Waals surface area contributed by atoms with Crippen molar-refractivity contribution < 1.29 is 8.78 Å². The second-order valence-corrected chi connectivity index (χ2v) is 5.23. The Hall–Kier alpha value is -0.960. The average Bonchev–Trinajstić information content (AvgIpc) is 2.75. The van der Waals surface area contributed by atoms with Crippen molar-refractivity contribution in [1.82, 2.24) is 0 Å². The molecule has 1 aliphatic carbocycles. The molecule has 2 atom stereocenters. The van der Waals surface area contributed by atoms with E-state index < -0.39 is 11.6 Å². The molecule has 1 nitrogen and oxygen atoms in total. The standard InChI is InChI=1S/C13H17F2N/c1-7-4-5-9(14)10(12(7)15)11-8(6-16)13(11,2)3/h4-5,8,11H,6,16H2,1-3H3. The molecule has 1 saturated carbocycles. The van der Waals surface area contributed by atoms with E-state index in [1.165, 1.54) is 12.1 Å². The third kappa shape index (κ3) is 1.46. The van der Waals surface area contributed by atoms with E-state index in [2.05, 4.69) is 0 Å². The van der Waals surface area contributed by atoms with Gasteiger partial charge >= 0.3 is 0 Å². The van der Waals surface area contributed by atoms with Crippen LogP contribution in [-0.2, 0) is 0 Å². The molecule has 2 unspecified atom stereocenters. The molecule has 0 amide bonds. The first-order chi connectivity index (χ1) is 7.41. The van der Waals surface area contributed by atoms with Crippen LogP contribution in [0.1, 0.15) is 30.9 Å². The number of hydrogen-bond donors (Lipinski definition) is 1. The number of nitrogens with two attached hydrogens (primary N) is 1. The van der Waals surface area contributed by atoms with Gasteiger partial charge in [0.25, 0.3) is 0 Å². The summed E-state index contributed by atoms with van der Waals surface area (Å²) in [5.41, 5.74) is 6.26. The van der Waals surface area contributed by atoms with Crippen molar-refractivity contribution in [1.29, 1.82) is 0 Å². The molecule has 0 saturated heterocycles. The SMILES string of the molecule is Cc1ccc(F)c(C2C(CN)C2(C)C)c1F. The summed E-state index contributed by atoms with van der Waals surface area (Å²) in [5.74, 6) is -0.762. The Balaban J connectivity index is 2.47. The maximum atomic E-state index is 13.9. The molecule has 3 heteroatoms. The van der Waals surface area contributed by atoms with Gasteiger partial charge in [-0.1, -0.05) is 19.9 Å². The molecular weight excluding hydrogens is 208 g/mol. The fourth-order valence-electron chi connectivity index (χ4n) is 2.72. The van der Waals surface area contributed by atoms with E-state index in [9.17, 15) is 8.78 Å². The van der Waals surface area contributed by atoms with Crippen molar-refractivity contribution >= 4 is 0 Å². The van der Waals surface area contributed by atoms with Gasteiger partial charge in [-0.05, 0) is 42.3 Å². The van der Waals surface area contributed by atoms with Gasteiger partial charge in [0.1, 0.15) is 11.6 Å². The van der Waals surface area contributed by atoms with Crippen LogP contribution in [0.4, 0.5) is 8.78 Å². The highest BCUT2D eigenvalue weighted by Crippen LogP contribution is 2.64. The molecule has 1 aliphatic rings. The van der Waals surface area contributed by atoms with Gasteiger partial charge in [0.2, 0.25) is 0 Å². The van der Waals surface area contributed by atoms with Crippen LogP contribution >= 0.6 is 0 Å². The highest BCUT2D eigenvalue weighted by atomic mass is 19.1. The summed E-state index contributed by atoms with van der Waals surface area (Å²) in [5, 5.41) is 0. The minimum atomic E-state index is -0.447. The second kappa shape index (κ2) is 3.52. The van der Waals surface area contributed by atoms with E-state index in [0.717, 1.165) is 0 Å². The van der Waals surface area contributed by atoms with Crippen LogP contribution in [0.15, 0.2) is 12.1 Å². The molecule has 0 radical (unpaired) electrons. The monoisotopic (exact) mass is 225 g/mol. The Bertz CT molecular complexity index is 426. The van der Waals surface area contributed by atoms with Gasteiger partial charge in [-0.25, -0.2) is 8.78 Å². The van der Waals surface area contributed by atoms with Gasteiger partial charge in [0, 0.05) is 5.56 Å². The first kappa shape index (κ1) is 11.5. The fraction of sp³-hybridized carbons (Fsp3) is 0.538. The maximum absolute atomic E-state index is 13.9. The Morgan fingerprint density at radius 1 is 1.31 bits per heavy atom. The number of benzene rings is 1. The number of rotatable bonds is 2. The van der Waals surface area contributed by atoms with Crippen molar-refractivity contribution in [2.24, 2.45) is 17.1 Å². The molecule has 1 aromatic carbocycles. The Kier molecular flexibility index (Phi) is 2.54. The first-order valence-corrected chi connectivity index (χ1v) is 5.55. The van der Waals surface area contributed by atoms with Crippen LogP contribution in [0, 0.1) is 29.9 Å². The van der Waals surface area contributed by atoms with Gasteiger partial charge < -0.3 is 5.73 Å². The van der Waals surface area contributed by atoms with E-state index in [1.807, 2.05) is 13.8 Å². The molecule has 2 N–H and O–H groups in total. The lowest BCUT2D eigenvalue weighted by Crippen LogP contribution is -2.05. The predicted octanol–water partition coefficient (Wildman–Crippen LogP) is 2.97. The van der Waals surface area contributed by atoms with Crippen molar-refractivity contribution in [2.75, 3.05) is 6.54 Å². The molecule has 0 bridgehead atoms. The molecule has 0 aliphatic heterocycles. The number of aryl methyl sites for hydroxylation is 1. The van der Waals surface area contributed by atoms with E-state index in [4.69, 9.17) is 5.73 Å². The zero-order valence-electron chi connectivity index (χ0n) is 9.85. The Labute approximate surface area is 94.7 Å². The summed E-state index contributed by atoms with van der Waals surface area (Å²) in [6.07, 6.45) is 0. The van der Waals surface area contributed by atoms with Gasteiger partial charge in [0.05, 0.1) is 0 Å². The van der Waals surface area contributed by atoms with Crippen LogP contribution in [0.2, 0.25) is 0 Å². The molecule has 0 spiro atoms. The molecular formula is C13H17F2N. The molecule has 16 heavy (non-hydrogen) atoms. The smallest absolute Gasteiger partial charge is 0.132 e. The normalized spacial score (nSPS) is 26.9. The molecule has 88 valence electrons. The van der Waals surface area contributed by atoms with Crippen LogP contribution in [0.5, 0.6) is 0 Å². The molecule has 2 rings (SSSR count). The highest BCUT2D eigenvalue weighted by Gasteiger charge is 2.59. The molecule has 0 heterocycles. The van der Waals surface area contributed by atoms with Crippen LogP contribution in [-0.4, -0.2) is 6.54 Å². The van der Waals surface area contributed by atoms with Crippen LogP contribution in [0.3, 0.4) is 0 Å². The molecule has 0 aromatic heterocycles. The van der Waals surface area contributed by atoms with E-state index in [-0.39, 0.29) is 22.8 Å². The summed E-state index contributed by atoms with van der Waals surface area (Å²) < 4.78 is 27.6. The summed E-state index contributed by atoms with van der Waals surface area (Å²) in [7, 11) is 0. The van der Waals surface area contributed by atoms with Crippen molar-refractivity contribution in [3.05, 3.63) is 34.9 Å². The molecule has 1 aromatic rings. The van der Waals surface area contributed by atoms with Crippen molar-refractivity contribution in [2.45, 2.75) is 26.7 Å². The summed E-state index contributed by atoms with van der Waals surface area (Å²) >= 11 is 0. The average molecular weight is 225 g/mol. The van der Waals surface area contributed by atoms with Crippen LogP contribution < -0.4 is 5.73 Å². The largest absolute Gasteiger partial charge is 0.330 e.